The fraction of sp³-hybridized carbons (Fsp3) is 1.00. The number of rotatable bonds is 1. The zero-order valence-electron chi connectivity index (χ0n) is 9.11. The lowest BCUT2D eigenvalue weighted by Gasteiger charge is -2.41. The Balaban J connectivity index is 1.93. The molecule has 0 aromatic carbocycles. The second-order valence-corrected chi connectivity index (χ2v) is 4.71. The number of hydrogen-bond donors (Lipinski definition) is 1. The number of morpholine rings is 1. The van der Waals surface area contributed by atoms with E-state index in [1.807, 2.05) is 5.01 Å². The van der Waals surface area contributed by atoms with Gasteiger partial charge in [0.1, 0.15) is 0 Å². The first-order chi connectivity index (χ1) is 6.79. The largest absolute Gasteiger partial charge is 0.375 e. The molecule has 3 heteroatoms. The van der Waals surface area contributed by atoms with Gasteiger partial charge in [0, 0.05) is 12.6 Å². The quantitative estimate of drug-likeness (QED) is 0.649. The zero-order valence-corrected chi connectivity index (χ0v) is 9.11. The summed E-state index contributed by atoms with van der Waals surface area (Å²) in [6, 6.07) is 0.395. The molecule has 2 rings (SSSR count). The molecule has 1 saturated heterocycles. The summed E-state index contributed by atoms with van der Waals surface area (Å²) in [6.45, 7) is 3.88. The summed E-state index contributed by atoms with van der Waals surface area (Å²) in [5, 5.41) is 1.95. The van der Waals surface area contributed by atoms with Gasteiger partial charge < -0.3 is 4.74 Å². The van der Waals surface area contributed by atoms with E-state index in [-0.39, 0.29) is 0 Å². The van der Waals surface area contributed by atoms with Crippen molar-refractivity contribution in [2.45, 2.75) is 51.2 Å². The third kappa shape index (κ3) is 2.10. The third-order valence-corrected chi connectivity index (χ3v) is 3.77. The van der Waals surface area contributed by atoms with Gasteiger partial charge in [-0.15, -0.1) is 0 Å². The molecule has 0 aromatic rings. The van der Waals surface area contributed by atoms with Gasteiger partial charge in [0.15, 0.2) is 0 Å². The van der Waals surface area contributed by atoms with Gasteiger partial charge in [0.05, 0.1) is 12.7 Å². The first kappa shape index (κ1) is 10.4. The fourth-order valence-electron chi connectivity index (χ4n) is 2.82. The molecule has 3 nitrogen and oxygen atoms in total. The minimum Gasteiger partial charge on any atom is -0.375 e. The molecule has 0 bridgehead atoms. The smallest absolute Gasteiger partial charge is 0.0770 e. The van der Waals surface area contributed by atoms with Crippen LogP contribution in [0.2, 0.25) is 0 Å². The first-order valence-corrected chi connectivity index (χ1v) is 5.92. The molecule has 2 atom stereocenters. The molecule has 2 fully saturated rings. The molecule has 0 aromatic heterocycles. The summed E-state index contributed by atoms with van der Waals surface area (Å²) in [7, 11) is 0. The van der Waals surface area contributed by atoms with Crippen LogP contribution < -0.4 is 5.84 Å². The normalized spacial score (nSPS) is 37.3. The predicted molar refractivity (Wildman–Crippen MR) is 56.7 cm³/mol. The molecular weight excluding hydrogens is 176 g/mol. The lowest BCUT2D eigenvalue weighted by molar-refractivity contribution is -0.0983. The molecule has 14 heavy (non-hydrogen) atoms. The highest BCUT2D eigenvalue weighted by molar-refractivity contribution is 4.84. The SMILES string of the molecule is CC1C(C2CCCCC2)OCCN1N. The number of nitrogens with zero attached hydrogens (tertiary/aromatic N) is 1. The molecule has 1 aliphatic carbocycles. The Labute approximate surface area is 86.6 Å². The number of hydrogen-bond acceptors (Lipinski definition) is 3. The fourth-order valence-corrected chi connectivity index (χ4v) is 2.82. The summed E-state index contributed by atoms with van der Waals surface area (Å²) in [4.78, 5) is 0. The van der Waals surface area contributed by atoms with Crippen LogP contribution in [-0.2, 0) is 4.74 Å². The summed E-state index contributed by atoms with van der Waals surface area (Å²) in [5.74, 6) is 6.68. The van der Waals surface area contributed by atoms with Crippen molar-refractivity contribution in [2.75, 3.05) is 13.2 Å². The highest BCUT2D eigenvalue weighted by atomic mass is 16.5. The number of ether oxygens (including phenoxy) is 1. The van der Waals surface area contributed by atoms with Gasteiger partial charge >= 0.3 is 0 Å². The maximum atomic E-state index is 5.93. The first-order valence-electron chi connectivity index (χ1n) is 5.92. The van der Waals surface area contributed by atoms with E-state index < -0.39 is 0 Å². The van der Waals surface area contributed by atoms with E-state index in [1.165, 1.54) is 32.1 Å². The molecule has 1 heterocycles. The highest BCUT2D eigenvalue weighted by Crippen LogP contribution is 2.31. The lowest BCUT2D eigenvalue weighted by atomic mass is 9.82. The minimum absolute atomic E-state index is 0.383. The van der Waals surface area contributed by atoms with Crippen molar-refractivity contribution >= 4 is 0 Å². The average Bonchev–Trinajstić information content (AvgIpc) is 2.23. The Hall–Kier alpha value is -0.120. The van der Waals surface area contributed by atoms with Crippen molar-refractivity contribution in [1.29, 1.82) is 0 Å². The maximum absolute atomic E-state index is 5.93. The zero-order chi connectivity index (χ0) is 9.97. The molecule has 1 saturated carbocycles. The molecule has 0 radical (unpaired) electrons. The maximum Gasteiger partial charge on any atom is 0.0770 e. The molecule has 2 aliphatic rings. The average molecular weight is 198 g/mol. The molecule has 0 spiro atoms. The van der Waals surface area contributed by atoms with E-state index in [0.29, 0.717) is 12.1 Å². The Morgan fingerprint density at radius 1 is 1.21 bits per heavy atom. The van der Waals surface area contributed by atoms with Crippen molar-refractivity contribution in [3.63, 3.8) is 0 Å². The van der Waals surface area contributed by atoms with Crippen molar-refractivity contribution in [2.24, 2.45) is 11.8 Å². The Morgan fingerprint density at radius 2 is 1.93 bits per heavy atom. The predicted octanol–water partition coefficient (Wildman–Crippen LogP) is 1.53. The van der Waals surface area contributed by atoms with Crippen LogP contribution in [0.25, 0.3) is 0 Å². The molecule has 2 unspecified atom stereocenters. The van der Waals surface area contributed by atoms with Crippen LogP contribution in [0.15, 0.2) is 0 Å². The second-order valence-electron chi connectivity index (χ2n) is 4.71. The van der Waals surface area contributed by atoms with Gasteiger partial charge in [-0.1, -0.05) is 19.3 Å². The van der Waals surface area contributed by atoms with E-state index in [1.54, 1.807) is 0 Å². The van der Waals surface area contributed by atoms with Crippen LogP contribution in [0, 0.1) is 5.92 Å². The van der Waals surface area contributed by atoms with Crippen molar-refractivity contribution in [1.82, 2.24) is 5.01 Å². The molecule has 0 amide bonds. The third-order valence-electron chi connectivity index (χ3n) is 3.77. The van der Waals surface area contributed by atoms with Crippen molar-refractivity contribution in [3.05, 3.63) is 0 Å². The van der Waals surface area contributed by atoms with Gasteiger partial charge in [-0.25, -0.2) is 5.01 Å². The topological polar surface area (TPSA) is 38.5 Å². The second kappa shape index (κ2) is 4.60. The number of nitrogens with two attached hydrogens (primary N) is 1. The van der Waals surface area contributed by atoms with Gasteiger partial charge in [0.25, 0.3) is 0 Å². The van der Waals surface area contributed by atoms with Gasteiger partial charge in [0.2, 0.25) is 0 Å². The Morgan fingerprint density at radius 3 is 2.64 bits per heavy atom. The van der Waals surface area contributed by atoms with E-state index >= 15 is 0 Å². The number of hydrazine groups is 1. The van der Waals surface area contributed by atoms with E-state index in [4.69, 9.17) is 10.6 Å². The lowest BCUT2D eigenvalue weighted by Crippen LogP contribution is -2.55. The minimum atomic E-state index is 0.383. The van der Waals surface area contributed by atoms with Crippen LogP contribution in [0.1, 0.15) is 39.0 Å². The van der Waals surface area contributed by atoms with Crippen LogP contribution in [-0.4, -0.2) is 30.3 Å². The standard InChI is InChI=1S/C11H22N2O/c1-9-11(14-8-7-13(9)12)10-5-3-2-4-6-10/h9-11H,2-8,12H2,1H3. The monoisotopic (exact) mass is 198 g/mol. The molecule has 1 aliphatic heterocycles. The van der Waals surface area contributed by atoms with E-state index in [2.05, 4.69) is 6.92 Å². The summed E-state index contributed by atoms with van der Waals surface area (Å²) >= 11 is 0. The Bertz CT molecular complexity index is 180. The van der Waals surface area contributed by atoms with Crippen molar-refractivity contribution in [3.8, 4) is 0 Å². The Kier molecular flexibility index (Phi) is 3.42. The van der Waals surface area contributed by atoms with Crippen LogP contribution in [0.3, 0.4) is 0 Å². The highest BCUT2D eigenvalue weighted by Gasteiger charge is 2.33. The van der Waals surface area contributed by atoms with E-state index in [0.717, 1.165) is 19.1 Å². The van der Waals surface area contributed by atoms with Crippen molar-refractivity contribution < 1.29 is 4.74 Å². The molecule has 2 N–H and O–H groups in total. The van der Waals surface area contributed by atoms with Crippen LogP contribution >= 0.6 is 0 Å². The van der Waals surface area contributed by atoms with Gasteiger partial charge in [-0.05, 0) is 25.7 Å². The van der Waals surface area contributed by atoms with E-state index in [9.17, 15) is 0 Å². The summed E-state index contributed by atoms with van der Waals surface area (Å²) < 4.78 is 5.88. The molecule has 82 valence electrons. The summed E-state index contributed by atoms with van der Waals surface area (Å²) in [6.07, 6.45) is 7.22. The summed E-state index contributed by atoms with van der Waals surface area (Å²) in [5.41, 5.74) is 0. The van der Waals surface area contributed by atoms with Gasteiger partial charge in [-0.2, -0.15) is 0 Å². The van der Waals surface area contributed by atoms with Crippen LogP contribution in [0.5, 0.6) is 0 Å². The van der Waals surface area contributed by atoms with Crippen LogP contribution in [0.4, 0.5) is 0 Å². The van der Waals surface area contributed by atoms with Gasteiger partial charge in [-0.3, -0.25) is 5.84 Å². The molecular formula is C11H22N2O.